The Morgan fingerprint density at radius 3 is 2.40 bits per heavy atom. The predicted molar refractivity (Wildman–Crippen MR) is 128 cm³/mol. The van der Waals surface area contributed by atoms with Gasteiger partial charge in [-0.15, -0.1) is 0 Å². The van der Waals surface area contributed by atoms with Gasteiger partial charge in [-0.1, -0.05) is 41.9 Å². The molecule has 1 heterocycles. The molecule has 0 saturated carbocycles. The number of aromatic nitrogens is 3. The van der Waals surface area contributed by atoms with E-state index in [1.165, 1.54) is 29.5 Å². The first-order valence-electron chi connectivity index (χ1n) is 10.9. The Balaban J connectivity index is 1.60. The van der Waals surface area contributed by atoms with E-state index in [-0.39, 0.29) is 18.7 Å². The van der Waals surface area contributed by atoms with Gasteiger partial charge in [0.05, 0.1) is 6.54 Å². The molecule has 9 heteroatoms. The van der Waals surface area contributed by atoms with Crippen LogP contribution < -0.4 is 0 Å². The van der Waals surface area contributed by atoms with E-state index in [0.717, 1.165) is 12.1 Å². The number of rotatable bonds is 8. The van der Waals surface area contributed by atoms with Crippen molar-refractivity contribution in [3.63, 3.8) is 0 Å². The molecule has 0 aliphatic heterocycles. The number of benzene rings is 3. The van der Waals surface area contributed by atoms with Crippen LogP contribution in [-0.4, -0.2) is 37.9 Å². The second-order valence-electron chi connectivity index (χ2n) is 8.55. The van der Waals surface area contributed by atoms with Crippen LogP contribution in [0, 0.1) is 17.5 Å². The Bertz CT molecular complexity index is 1300. The van der Waals surface area contributed by atoms with Crippen molar-refractivity contribution in [1.82, 2.24) is 19.7 Å². The second-order valence-corrected chi connectivity index (χ2v) is 8.99. The highest BCUT2D eigenvalue weighted by atomic mass is 35.5. The maximum Gasteiger partial charge on any atom is 0.137 e. The van der Waals surface area contributed by atoms with E-state index in [4.69, 9.17) is 11.6 Å². The smallest absolute Gasteiger partial charge is 0.137 e. The Hall–Kier alpha value is -3.20. The number of halogens is 4. The molecular weight excluding hydrogens is 477 g/mol. The molecule has 0 amide bonds. The largest absolute Gasteiger partial charge is 0.381 e. The summed E-state index contributed by atoms with van der Waals surface area (Å²) in [6.07, 6.45) is 2.71. The van der Waals surface area contributed by atoms with Crippen molar-refractivity contribution in [2.45, 2.75) is 31.7 Å². The van der Waals surface area contributed by atoms with Crippen molar-refractivity contribution in [3.8, 4) is 11.1 Å². The minimum Gasteiger partial charge on any atom is -0.381 e. The first-order chi connectivity index (χ1) is 16.7. The van der Waals surface area contributed by atoms with Gasteiger partial charge in [0.25, 0.3) is 0 Å². The third-order valence-corrected chi connectivity index (χ3v) is 6.49. The van der Waals surface area contributed by atoms with Gasteiger partial charge in [-0.25, -0.2) is 22.8 Å². The van der Waals surface area contributed by atoms with Gasteiger partial charge in [0.2, 0.25) is 0 Å². The first kappa shape index (κ1) is 24.9. The molecule has 0 fully saturated rings. The molecule has 0 radical (unpaired) electrons. The van der Waals surface area contributed by atoms with Crippen LogP contribution in [0.5, 0.6) is 0 Å². The maximum absolute atomic E-state index is 14.9. The van der Waals surface area contributed by atoms with Crippen LogP contribution in [0.15, 0.2) is 73.3 Å². The zero-order valence-electron chi connectivity index (χ0n) is 19.2. The SMILES string of the molecule is C[C@@H](N(C)Cc1ccc(-c2ccc(Cl)cc2)c(F)c1)[C@](O)(Cn1cncn1)c1ccc(F)cc1F. The normalized spacial score (nSPS) is 14.2. The monoisotopic (exact) mass is 500 g/mol. The van der Waals surface area contributed by atoms with E-state index >= 15 is 0 Å². The fraction of sp³-hybridized carbons (Fsp3) is 0.231. The predicted octanol–water partition coefficient (Wildman–Crippen LogP) is 5.42. The highest BCUT2D eigenvalue weighted by Gasteiger charge is 2.41. The summed E-state index contributed by atoms with van der Waals surface area (Å²) in [5.41, 5.74) is -0.0520. The summed E-state index contributed by atoms with van der Waals surface area (Å²) in [5, 5.41) is 16.3. The van der Waals surface area contributed by atoms with E-state index in [9.17, 15) is 18.3 Å². The molecule has 0 unspecified atom stereocenters. The van der Waals surface area contributed by atoms with Gasteiger partial charge in [0, 0.05) is 34.8 Å². The van der Waals surface area contributed by atoms with Gasteiger partial charge in [-0.3, -0.25) is 4.90 Å². The number of likely N-dealkylation sites (N-methyl/N-ethyl adjacent to an activating group) is 1. The summed E-state index contributed by atoms with van der Waals surface area (Å²) in [6.45, 7) is 1.87. The van der Waals surface area contributed by atoms with E-state index in [2.05, 4.69) is 10.1 Å². The van der Waals surface area contributed by atoms with Crippen molar-refractivity contribution < 1.29 is 18.3 Å². The average Bonchev–Trinajstić information content (AvgIpc) is 3.32. The van der Waals surface area contributed by atoms with Crippen LogP contribution in [0.2, 0.25) is 5.02 Å². The number of aliphatic hydroxyl groups is 1. The van der Waals surface area contributed by atoms with Crippen LogP contribution in [0.4, 0.5) is 13.2 Å². The minimum absolute atomic E-state index is 0.0713. The van der Waals surface area contributed by atoms with Crippen molar-refractivity contribution in [3.05, 3.63) is 107 Å². The molecule has 4 rings (SSSR count). The summed E-state index contributed by atoms with van der Waals surface area (Å²) in [6, 6.07) is 14.2. The Morgan fingerprint density at radius 2 is 1.77 bits per heavy atom. The van der Waals surface area contributed by atoms with E-state index < -0.39 is 29.1 Å². The third kappa shape index (κ3) is 5.40. The molecule has 2 atom stereocenters. The standard InChI is InChI=1S/C26H24ClF3N4O/c1-17(26(35,14-34-16-31-15-32-34)23-10-8-21(28)12-25(23)30)33(2)13-18-3-9-22(24(29)11-18)19-4-6-20(27)7-5-19/h3-12,15-17,35H,13-14H2,1-2H3/t17-,26-/m1/s1. The number of hydrogen-bond donors (Lipinski definition) is 1. The number of nitrogens with zero attached hydrogens (tertiary/aromatic N) is 4. The van der Waals surface area contributed by atoms with E-state index in [0.29, 0.717) is 21.7 Å². The lowest BCUT2D eigenvalue weighted by molar-refractivity contribution is -0.0591. The lowest BCUT2D eigenvalue weighted by Crippen LogP contribution is -2.50. The molecule has 5 nitrogen and oxygen atoms in total. The Morgan fingerprint density at radius 1 is 1.03 bits per heavy atom. The molecule has 0 aliphatic carbocycles. The molecule has 1 aromatic heterocycles. The molecule has 0 saturated heterocycles. The molecule has 3 aromatic carbocycles. The lowest BCUT2D eigenvalue weighted by Gasteiger charge is -2.40. The molecule has 182 valence electrons. The average molecular weight is 501 g/mol. The quantitative estimate of drug-likeness (QED) is 0.351. The highest BCUT2D eigenvalue weighted by molar-refractivity contribution is 6.30. The lowest BCUT2D eigenvalue weighted by atomic mass is 9.85. The molecule has 0 aliphatic rings. The third-order valence-electron chi connectivity index (χ3n) is 6.24. The van der Waals surface area contributed by atoms with Gasteiger partial charge < -0.3 is 5.11 Å². The first-order valence-corrected chi connectivity index (χ1v) is 11.3. The topological polar surface area (TPSA) is 54.2 Å². The molecule has 0 bridgehead atoms. The van der Waals surface area contributed by atoms with Gasteiger partial charge in [-0.05, 0) is 49.4 Å². The van der Waals surface area contributed by atoms with Gasteiger partial charge >= 0.3 is 0 Å². The van der Waals surface area contributed by atoms with E-state index in [1.54, 1.807) is 55.3 Å². The zero-order valence-corrected chi connectivity index (χ0v) is 19.9. The molecule has 1 N–H and O–H groups in total. The van der Waals surface area contributed by atoms with Crippen molar-refractivity contribution >= 4 is 11.6 Å². The summed E-state index contributed by atoms with van der Waals surface area (Å²) in [5.74, 6) is -2.01. The zero-order chi connectivity index (χ0) is 25.2. The summed E-state index contributed by atoms with van der Waals surface area (Å²) in [7, 11) is 1.74. The van der Waals surface area contributed by atoms with Crippen molar-refractivity contribution in [2.24, 2.45) is 0 Å². The fourth-order valence-corrected chi connectivity index (χ4v) is 4.28. The molecule has 4 aromatic rings. The van der Waals surface area contributed by atoms with Crippen LogP contribution in [0.1, 0.15) is 18.1 Å². The van der Waals surface area contributed by atoms with Gasteiger partial charge in [0.1, 0.15) is 35.7 Å². The van der Waals surface area contributed by atoms with Crippen molar-refractivity contribution in [1.29, 1.82) is 0 Å². The Labute approximate surface area is 206 Å². The van der Waals surface area contributed by atoms with Crippen LogP contribution in [0.25, 0.3) is 11.1 Å². The molecular formula is C26H24ClF3N4O. The summed E-state index contributed by atoms with van der Waals surface area (Å²) in [4.78, 5) is 5.65. The summed E-state index contributed by atoms with van der Waals surface area (Å²) >= 11 is 5.92. The van der Waals surface area contributed by atoms with Crippen LogP contribution in [-0.2, 0) is 18.7 Å². The maximum atomic E-state index is 14.9. The molecule has 0 spiro atoms. The van der Waals surface area contributed by atoms with Gasteiger partial charge in [0.15, 0.2) is 0 Å². The Kier molecular flexibility index (Phi) is 7.25. The number of hydrogen-bond acceptors (Lipinski definition) is 4. The van der Waals surface area contributed by atoms with Crippen molar-refractivity contribution in [2.75, 3.05) is 7.05 Å². The van der Waals surface area contributed by atoms with E-state index in [1.807, 2.05) is 0 Å². The summed E-state index contributed by atoms with van der Waals surface area (Å²) < 4.78 is 44.7. The minimum atomic E-state index is -1.79. The fourth-order valence-electron chi connectivity index (χ4n) is 4.15. The van der Waals surface area contributed by atoms with Crippen LogP contribution in [0.3, 0.4) is 0 Å². The van der Waals surface area contributed by atoms with Crippen LogP contribution >= 0.6 is 11.6 Å². The second kappa shape index (κ2) is 10.2. The van der Waals surface area contributed by atoms with Gasteiger partial charge in [-0.2, -0.15) is 5.10 Å². The molecule has 35 heavy (non-hydrogen) atoms. The highest BCUT2D eigenvalue weighted by Crippen LogP contribution is 2.33.